The maximum Gasteiger partial charge on any atom is 0.277 e. The van der Waals surface area contributed by atoms with E-state index in [4.69, 9.17) is 4.74 Å². The average molecular weight is 437 g/mol. The monoisotopic (exact) mass is 436 g/mol. The van der Waals surface area contributed by atoms with E-state index in [0.29, 0.717) is 10.3 Å². The van der Waals surface area contributed by atoms with Gasteiger partial charge in [-0.25, -0.2) is 5.43 Å². The Hall–Kier alpha value is -1.44. The Morgan fingerprint density at radius 2 is 1.84 bits per heavy atom. The van der Waals surface area contributed by atoms with Crippen LogP contribution in [-0.4, -0.2) is 30.2 Å². The fourth-order valence-electron chi connectivity index (χ4n) is 2.18. The number of ether oxygens (including phenoxy) is 1. The fourth-order valence-corrected chi connectivity index (χ4v) is 5.30. The molecule has 1 aliphatic heterocycles. The molecule has 130 valence electrons. The number of halogens is 1. The summed E-state index contributed by atoms with van der Waals surface area (Å²) >= 11 is 7.30. The number of benzene rings is 2. The third-order valence-corrected chi connectivity index (χ3v) is 7.05. The van der Waals surface area contributed by atoms with Gasteiger partial charge in [0.15, 0.2) is 6.61 Å². The zero-order chi connectivity index (χ0) is 17.5. The number of hydrogen-bond acceptors (Lipinski definition) is 5. The van der Waals surface area contributed by atoms with Gasteiger partial charge < -0.3 is 4.74 Å². The van der Waals surface area contributed by atoms with E-state index >= 15 is 0 Å². The van der Waals surface area contributed by atoms with Gasteiger partial charge in [-0.1, -0.05) is 40.2 Å². The molecule has 0 atom stereocenters. The maximum absolute atomic E-state index is 11.8. The summed E-state index contributed by atoms with van der Waals surface area (Å²) in [4.78, 5) is 11.8. The highest BCUT2D eigenvalue weighted by Crippen LogP contribution is 2.45. The lowest BCUT2D eigenvalue weighted by Gasteiger charge is -2.10. The summed E-state index contributed by atoms with van der Waals surface area (Å²) in [6, 6.07) is 15.6. The number of thioether (sulfide) groups is 2. The van der Waals surface area contributed by atoms with E-state index in [1.165, 1.54) is 17.1 Å². The van der Waals surface area contributed by atoms with Crippen molar-refractivity contribution >= 4 is 51.6 Å². The molecule has 0 saturated carbocycles. The van der Waals surface area contributed by atoms with Crippen molar-refractivity contribution in [3.05, 3.63) is 64.1 Å². The van der Waals surface area contributed by atoms with Gasteiger partial charge in [-0.05, 0) is 35.4 Å². The number of nitrogens with zero attached hydrogens (tertiary/aromatic N) is 1. The zero-order valence-electron chi connectivity index (χ0n) is 13.4. The minimum Gasteiger partial charge on any atom is -0.484 e. The van der Waals surface area contributed by atoms with Gasteiger partial charge in [0, 0.05) is 16.0 Å². The first-order valence-electron chi connectivity index (χ1n) is 7.74. The number of carbonyl (C=O) groups excluding carboxylic acids is 1. The summed E-state index contributed by atoms with van der Waals surface area (Å²) in [6.45, 7) is -0.0655. The molecule has 7 heteroatoms. The Balaban J connectivity index is 1.43. The topological polar surface area (TPSA) is 50.7 Å². The molecule has 0 aromatic heterocycles. The molecule has 4 nitrogen and oxygen atoms in total. The van der Waals surface area contributed by atoms with E-state index in [0.717, 1.165) is 10.0 Å². The highest BCUT2D eigenvalue weighted by molar-refractivity contribution is 9.10. The lowest BCUT2D eigenvalue weighted by Crippen LogP contribution is -2.24. The van der Waals surface area contributed by atoms with E-state index in [1.807, 2.05) is 59.9 Å². The number of carbonyl (C=O) groups is 1. The van der Waals surface area contributed by atoms with E-state index in [1.54, 1.807) is 6.21 Å². The van der Waals surface area contributed by atoms with Crippen LogP contribution in [0.15, 0.2) is 58.1 Å². The van der Waals surface area contributed by atoms with Crippen LogP contribution in [0.25, 0.3) is 0 Å². The molecule has 0 aliphatic carbocycles. The van der Waals surface area contributed by atoms with Crippen LogP contribution in [-0.2, 0) is 4.79 Å². The molecule has 2 aromatic rings. The molecule has 1 aliphatic rings. The second-order valence-corrected chi connectivity index (χ2v) is 8.92. The van der Waals surface area contributed by atoms with E-state index in [9.17, 15) is 4.79 Å². The van der Waals surface area contributed by atoms with Gasteiger partial charge in [0.05, 0.1) is 10.8 Å². The third-order valence-electron chi connectivity index (χ3n) is 3.42. The highest BCUT2D eigenvalue weighted by atomic mass is 79.9. The summed E-state index contributed by atoms with van der Waals surface area (Å²) in [5.74, 6) is 2.80. The van der Waals surface area contributed by atoms with Crippen molar-refractivity contribution < 1.29 is 9.53 Å². The Morgan fingerprint density at radius 3 is 2.52 bits per heavy atom. The third kappa shape index (κ3) is 5.80. The van der Waals surface area contributed by atoms with Gasteiger partial charge in [0.1, 0.15) is 5.75 Å². The summed E-state index contributed by atoms with van der Waals surface area (Å²) < 4.78 is 7.02. The van der Waals surface area contributed by atoms with Gasteiger partial charge in [0.25, 0.3) is 5.91 Å². The summed E-state index contributed by atoms with van der Waals surface area (Å²) in [5.41, 5.74) is 4.66. The molecule has 1 fully saturated rings. The van der Waals surface area contributed by atoms with Crippen LogP contribution in [0.4, 0.5) is 0 Å². The van der Waals surface area contributed by atoms with Crippen LogP contribution < -0.4 is 10.2 Å². The molecule has 1 amide bonds. The van der Waals surface area contributed by atoms with Gasteiger partial charge in [-0.3, -0.25) is 4.79 Å². The van der Waals surface area contributed by atoms with Crippen LogP contribution in [0.2, 0.25) is 0 Å². The van der Waals surface area contributed by atoms with Gasteiger partial charge in [-0.2, -0.15) is 5.10 Å². The molecule has 0 radical (unpaired) electrons. The van der Waals surface area contributed by atoms with Crippen molar-refractivity contribution in [3.8, 4) is 5.75 Å². The molecule has 0 spiro atoms. The van der Waals surface area contributed by atoms with Crippen molar-refractivity contribution in [1.29, 1.82) is 0 Å². The largest absolute Gasteiger partial charge is 0.484 e. The standard InChI is InChI=1S/C18H17BrN2O2S2/c19-15-5-1-13(2-6-15)11-20-21-17(22)12-23-16-7-3-14(4-8-16)18-24-9-10-25-18/h1-8,11,18H,9-10,12H2,(H,21,22)/b20-11-. The second-order valence-electron chi connectivity index (χ2n) is 5.28. The molecule has 3 rings (SSSR count). The number of rotatable bonds is 6. The first kappa shape index (κ1) is 18.4. The molecule has 1 saturated heterocycles. The minimum absolute atomic E-state index is 0.0655. The summed E-state index contributed by atoms with van der Waals surface area (Å²) in [6.07, 6.45) is 1.59. The Bertz CT molecular complexity index is 730. The number of hydrogen-bond donors (Lipinski definition) is 1. The van der Waals surface area contributed by atoms with Crippen molar-refractivity contribution in [2.75, 3.05) is 18.1 Å². The van der Waals surface area contributed by atoms with Crippen LogP contribution >= 0.6 is 39.5 Å². The lowest BCUT2D eigenvalue weighted by atomic mass is 10.2. The predicted molar refractivity (Wildman–Crippen MR) is 109 cm³/mol. The van der Waals surface area contributed by atoms with Crippen LogP contribution in [0.3, 0.4) is 0 Å². The zero-order valence-corrected chi connectivity index (χ0v) is 16.6. The Morgan fingerprint density at radius 1 is 1.16 bits per heavy atom. The maximum atomic E-state index is 11.8. The SMILES string of the molecule is O=C(COc1ccc(C2SCCS2)cc1)N/N=C\c1ccc(Br)cc1. The van der Waals surface area contributed by atoms with Crippen molar-refractivity contribution in [3.63, 3.8) is 0 Å². The molecule has 0 bridgehead atoms. The van der Waals surface area contributed by atoms with Crippen LogP contribution in [0.5, 0.6) is 5.75 Å². The van der Waals surface area contributed by atoms with Gasteiger partial charge in [-0.15, -0.1) is 23.5 Å². The molecule has 1 N–H and O–H groups in total. The normalized spacial score (nSPS) is 14.8. The lowest BCUT2D eigenvalue weighted by molar-refractivity contribution is -0.123. The second kappa shape index (κ2) is 9.31. The van der Waals surface area contributed by atoms with Crippen molar-refractivity contribution in [1.82, 2.24) is 5.43 Å². The predicted octanol–water partition coefficient (Wildman–Crippen LogP) is 4.46. The molecule has 0 unspecified atom stereocenters. The van der Waals surface area contributed by atoms with E-state index in [2.05, 4.69) is 38.6 Å². The van der Waals surface area contributed by atoms with E-state index < -0.39 is 0 Å². The minimum atomic E-state index is -0.292. The highest BCUT2D eigenvalue weighted by Gasteiger charge is 2.17. The Kier molecular flexibility index (Phi) is 6.84. The van der Waals surface area contributed by atoms with Crippen LogP contribution in [0.1, 0.15) is 15.7 Å². The van der Waals surface area contributed by atoms with Gasteiger partial charge in [0.2, 0.25) is 0 Å². The van der Waals surface area contributed by atoms with Crippen LogP contribution in [0, 0.1) is 0 Å². The molecule has 2 aromatic carbocycles. The summed E-state index contributed by atoms with van der Waals surface area (Å²) in [5, 5.41) is 3.92. The quantitative estimate of drug-likeness (QED) is 0.536. The number of amides is 1. The smallest absolute Gasteiger partial charge is 0.277 e. The summed E-state index contributed by atoms with van der Waals surface area (Å²) in [7, 11) is 0. The first-order valence-corrected chi connectivity index (χ1v) is 10.6. The fraction of sp³-hybridized carbons (Fsp3) is 0.222. The van der Waals surface area contributed by atoms with Crippen molar-refractivity contribution in [2.24, 2.45) is 5.10 Å². The van der Waals surface area contributed by atoms with E-state index in [-0.39, 0.29) is 12.5 Å². The van der Waals surface area contributed by atoms with Crippen molar-refractivity contribution in [2.45, 2.75) is 4.58 Å². The first-order chi connectivity index (χ1) is 12.2. The molecular formula is C18H17BrN2O2S2. The number of nitrogens with one attached hydrogen (secondary N) is 1. The number of hydrazone groups is 1. The molecule has 25 heavy (non-hydrogen) atoms. The molecule has 1 heterocycles. The average Bonchev–Trinajstić information content (AvgIpc) is 3.17. The van der Waals surface area contributed by atoms with Gasteiger partial charge >= 0.3 is 0 Å². The Labute approximate surface area is 163 Å². The molecular weight excluding hydrogens is 420 g/mol.